The molecule has 0 aliphatic carbocycles. The molecule has 0 amide bonds. The average molecular weight is 389 g/mol. The first kappa shape index (κ1) is 15.0. The third-order valence-electron chi connectivity index (χ3n) is 2.67. The molecule has 1 aromatic rings. The third-order valence-corrected chi connectivity index (χ3v) is 6.77. The van der Waals surface area contributed by atoms with Crippen LogP contribution in [0.4, 0.5) is 0 Å². The molecule has 4 heteroatoms. The standard InChI is InChI=1S/C12H17Br2ClS/c1-3-5-8(6-4-2)11(13)10-7-9(15)12(14)16-10/h7-8,11H,3-6H2,1-2H3. The highest BCUT2D eigenvalue weighted by molar-refractivity contribution is 9.11. The topological polar surface area (TPSA) is 0 Å². The Morgan fingerprint density at radius 2 is 1.88 bits per heavy atom. The maximum Gasteiger partial charge on any atom is 0.0887 e. The van der Waals surface area contributed by atoms with Crippen molar-refractivity contribution >= 4 is 54.8 Å². The fourth-order valence-electron chi connectivity index (χ4n) is 1.91. The van der Waals surface area contributed by atoms with Crippen LogP contribution in [-0.2, 0) is 0 Å². The van der Waals surface area contributed by atoms with E-state index in [0.717, 1.165) is 14.7 Å². The molecular weight excluding hydrogens is 371 g/mol. The fraction of sp³-hybridized carbons (Fsp3) is 0.667. The lowest BCUT2D eigenvalue weighted by atomic mass is 9.94. The maximum atomic E-state index is 6.07. The highest BCUT2D eigenvalue weighted by Gasteiger charge is 2.21. The van der Waals surface area contributed by atoms with Gasteiger partial charge in [-0.1, -0.05) is 54.2 Å². The second-order valence-electron chi connectivity index (χ2n) is 4.01. The lowest BCUT2D eigenvalue weighted by Crippen LogP contribution is -2.06. The highest BCUT2D eigenvalue weighted by Crippen LogP contribution is 2.43. The van der Waals surface area contributed by atoms with Crippen molar-refractivity contribution in [2.75, 3.05) is 0 Å². The van der Waals surface area contributed by atoms with E-state index in [1.165, 1.54) is 30.6 Å². The molecule has 0 N–H and O–H groups in total. The fourth-order valence-corrected chi connectivity index (χ4v) is 4.67. The molecule has 16 heavy (non-hydrogen) atoms. The van der Waals surface area contributed by atoms with Crippen molar-refractivity contribution in [1.29, 1.82) is 0 Å². The number of hydrogen-bond acceptors (Lipinski definition) is 1. The zero-order chi connectivity index (χ0) is 12.1. The minimum atomic E-state index is 0.446. The summed E-state index contributed by atoms with van der Waals surface area (Å²) in [5.41, 5.74) is 0. The molecule has 1 rings (SSSR count). The van der Waals surface area contributed by atoms with E-state index < -0.39 is 0 Å². The summed E-state index contributed by atoms with van der Waals surface area (Å²) in [5, 5.41) is 0.830. The maximum absolute atomic E-state index is 6.07. The van der Waals surface area contributed by atoms with Crippen LogP contribution < -0.4 is 0 Å². The van der Waals surface area contributed by atoms with Gasteiger partial charge in [0.1, 0.15) is 0 Å². The SMILES string of the molecule is CCCC(CCC)C(Br)c1cc(Cl)c(Br)s1. The summed E-state index contributed by atoms with van der Waals surface area (Å²) in [5.74, 6) is 0.719. The van der Waals surface area contributed by atoms with Gasteiger partial charge in [-0.3, -0.25) is 0 Å². The number of thiophene rings is 1. The summed E-state index contributed by atoms with van der Waals surface area (Å²) >= 11 is 15.1. The van der Waals surface area contributed by atoms with E-state index in [0.29, 0.717) is 4.83 Å². The van der Waals surface area contributed by atoms with E-state index in [9.17, 15) is 0 Å². The predicted molar refractivity (Wildman–Crippen MR) is 82.0 cm³/mol. The monoisotopic (exact) mass is 386 g/mol. The lowest BCUT2D eigenvalue weighted by Gasteiger charge is -2.20. The largest absolute Gasteiger partial charge is 0.130 e. The molecule has 1 atom stereocenters. The van der Waals surface area contributed by atoms with Crippen molar-refractivity contribution in [3.05, 3.63) is 19.8 Å². The molecule has 1 heterocycles. The first-order valence-corrected chi connectivity index (χ1v) is 8.59. The van der Waals surface area contributed by atoms with Gasteiger partial charge in [-0.05, 0) is 40.8 Å². The second kappa shape index (κ2) is 7.40. The quantitative estimate of drug-likeness (QED) is 0.469. The van der Waals surface area contributed by atoms with Crippen LogP contribution in [0.1, 0.15) is 49.2 Å². The normalized spacial score (nSPS) is 13.4. The number of alkyl halides is 1. The van der Waals surface area contributed by atoms with Crippen LogP contribution in [0.5, 0.6) is 0 Å². The van der Waals surface area contributed by atoms with Gasteiger partial charge in [-0.25, -0.2) is 0 Å². The van der Waals surface area contributed by atoms with Crippen molar-refractivity contribution in [2.24, 2.45) is 5.92 Å². The average Bonchev–Trinajstić information content (AvgIpc) is 2.58. The molecule has 0 saturated carbocycles. The Bertz CT molecular complexity index is 299. The van der Waals surface area contributed by atoms with E-state index in [2.05, 4.69) is 51.8 Å². The van der Waals surface area contributed by atoms with E-state index in [4.69, 9.17) is 11.6 Å². The van der Waals surface area contributed by atoms with Gasteiger partial charge in [-0.15, -0.1) is 11.3 Å². The van der Waals surface area contributed by atoms with Crippen molar-refractivity contribution in [1.82, 2.24) is 0 Å². The predicted octanol–water partition coefficient (Wildman–Crippen LogP) is 6.82. The minimum absolute atomic E-state index is 0.446. The van der Waals surface area contributed by atoms with Crippen LogP contribution in [0.25, 0.3) is 0 Å². The van der Waals surface area contributed by atoms with Crippen molar-refractivity contribution < 1.29 is 0 Å². The zero-order valence-electron chi connectivity index (χ0n) is 9.60. The molecule has 0 radical (unpaired) electrons. The molecule has 0 aromatic carbocycles. The molecule has 0 nitrogen and oxygen atoms in total. The first-order chi connectivity index (χ1) is 7.60. The van der Waals surface area contributed by atoms with Gasteiger partial charge in [0.15, 0.2) is 0 Å². The zero-order valence-corrected chi connectivity index (χ0v) is 14.3. The molecule has 0 saturated heterocycles. The summed E-state index contributed by atoms with van der Waals surface area (Å²) < 4.78 is 1.04. The summed E-state index contributed by atoms with van der Waals surface area (Å²) in [6.45, 7) is 4.50. The Hall–Kier alpha value is 0.950. The van der Waals surface area contributed by atoms with Gasteiger partial charge in [0, 0.05) is 4.88 Å². The van der Waals surface area contributed by atoms with E-state index in [-0.39, 0.29) is 0 Å². The molecule has 0 bridgehead atoms. The molecule has 0 aliphatic heterocycles. The molecule has 0 fully saturated rings. The molecule has 0 spiro atoms. The van der Waals surface area contributed by atoms with Crippen molar-refractivity contribution in [2.45, 2.75) is 44.4 Å². The van der Waals surface area contributed by atoms with Gasteiger partial charge in [-0.2, -0.15) is 0 Å². The van der Waals surface area contributed by atoms with E-state index in [1.54, 1.807) is 11.3 Å². The Morgan fingerprint density at radius 1 is 1.31 bits per heavy atom. The lowest BCUT2D eigenvalue weighted by molar-refractivity contribution is 0.438. The second-order valence-corrected chi connectivity index (χ2v) is 7.80. The Morgan fingerprint density at radius 3 is 2.25 bits per heavy atom. The number of hydrogen-bond donors (Lipinski definition) is 0. The molecule has 92 valence electrons. The van der Waals surface area contributed by atoms with Crippen LogP contribution in [0.3, 0.4) is 0 Å². The van der Waals surface area contributed by atoms with Crippen molar-refractivity contribution in [3.8, 4) is 0 Å². The molecule has 1 unspecified atom stereocenters. The Kier molecular flexibility index (Phi) is 6.94. The van der Waals surface area contributed by atoms with Crippen LogP contribution in [0.15, 0.2) is 9.85 Å². The number of rotatable bonds is 6. The highest BCUT2D eigenvalue weighted by atomic mass is 79.9. The molecular formula is C12H17Br2ClS. The van der Waals surface area contributed by atoms with Gasteiger partial charge >= 0.3 is 0 Å². The summed E-state index contributed by atoms with van der Waals surface area (Å²) in [4.78, 5) is 1.78. The van der Waals surface area contributed by atoms with Crippen LogP contribution in [-0.4, -0.2) is 0 Å². The van der Waals surface area contributed by atoms with Gasteiger partial charge in [0.25, 0.3) is 0 Å². The minimum Gasteiger partial charge on any atom is -0.130 e. The smallest absolute Gasteiger partial charge is 0.0887 e. The van der Waals surface area contributed by atoms with Crippen LogP contribution >= 0.6 is 54.8 Å². The summed E-state index contributed by atoms with van der Waals surface area (Å²) in [6, 6.07) is 2.08. The Labute approximate surface area is 124 Å². The van der Waals surface area contributed by atoms with E-state index >= 15 is 0 Å². The Balaban J connectivity index is 2.76. The number of halogens is 3. The third kappa shape index (κ3) is 4.01. The van der Waals surface area contributed by atoms with E-state index in [1.807, 2.05) is 0 Å². The molecule has 0 aliphatic rings. The van der Waals surface area contributed by atoms with Crippen LogP contribution in [0, 0.1) is 5.92 Å². The summed E-state index contributed by atoms with van der Waals surface area (Å²) in [6.07, 6.45) is 5.04. The summed E-state index contributed by atoms with van der Waals surface area (Å²) in [7, 11) is 0. The van der Waals surface area contributed by atoms with Gasteiger partial charge < -0.3 is 0 Å². The van der Waals surface area contributed by atoms with Gasteiger partial charge in [0.2, 0.25) is 0 Å². The van der Waals surface area contributed by atoms with Gasteiger partial charge in [0.05, 0.1) is 13.6 Å². The molecule has 1 aromatic heterocycles. The first-order valence-electron chi connectivity index (χ1n) is 5.68. The van der Waals surface area contributed by atoms with Crippen molar-refractivity contribution in [3.63, 3.8) is 0 Å². The van der Waals surface area contributed by atoms with Crippen LogP contribution in [0.2, 0.25) is 5.02 Å².